The molecular weight excluding hydrogens is 298 g/mol. The van der Waals surface area contributed by atoms with E-state index in [1.165, 1.54) is 10.4 Å². The summed E-state index contributed by atoms with van der Waals surface area (Å²) in [4.78, 5) is 0.198. The number of benzene rings is 1. The molecule has 0 radical (unpaired) electrons. The molecule has 0 amide bonds. The molecule has 4 nitrogen and oxygen atoms in total. The third-order valence-electron chi connectivity index (χ3n) is 3.71. The second-order valence-corrected chi connectivity index (χ2v) is 7.42. The van der Waals surface area contributed by atoms with Crippen LogP contribution in [0.1, 0.15) is 32.1 Å². The van der Waals surface area contributed by atoms with Crippen molar-refractivity contribution in [1.82, 2.24) is 4.31 Å². The van der Waals surface area contributed by atoms with Gasteiger partial charge in [0.05, 0.1) is 11.5 Å². The fourth-order valence-electron chi connectivity index (χ4n) is 2.73. The molecule has 0 aliphatic heterocycles. The predicted octanol–water partition coefficient (Wildman–Crippen LogP) is 2.66. The first-order valence-corrected chi connectivity index (χ1v) is 8.76. The lowest BCUT2D eigenvalue weighted by molar-refractivity contribution is 0.199. The van der Waals surface area contributed by atoms with Gasteiger partial charge >= 0.3 is 0 Å². The Kier molecular flexibility index (Phi) is 5.43. The Balaban J connectivity index is 2.31. The maximum Gasteiger partial charge on any atom is 0.243 e. The third-order valence-corrected chi connectivity index (χ3v) is 5.89. The Morgan fingerprint density at radius 2 is 1.95 bits per heavy atom. The quantitative estimate of drug-likeness (QED) is 0.908. The van der Waals surface area contributed by atoms with Crippen LogP contribution < -0.4 is 0 Å². The van der Waals surface area contributed by atoms with Crippen LogP contribution in [0.2, 0.25) is 5.02 Å². The second-order valence-electron chi connectivity index (χ2n) is 5.09. The number of sulfonamides is 1. The first-order valence-electron chi connectivity index (χ1n) is 6.94. The molecule has 1 aromatic carbocycles. The van der Waals surface area contributed by atoms with E-state index < -0.39 is 10.0 Å². The van der Waals surface area contributed by atoms with Crippen molar-refractivity contribution in [2.45, 2.75) is 43.0 Å². The monoisotopic (exact) mass is 317 g/mol. The number of aliphatic hydroxyl groups is 1. The number of hydrogen-bond acceptors (Lipinski definition) is 3. The van der Waals surface area contributed by atoms with Gasteiger partial charge < -0.3 is 5.11 Å². The smallest absolute Gasteiger partial charge is 0.243 e. The molecule has 1 saturated carbocycles. The van der Waals surface area contributed by atoms with E-state index in [0.29, 0.717) is 5.02 Å². The summed E-state index contributed by atoms with van der Waals surface area (Å²) in [5.41, 5.74) is 0. The van der Waals surface area contributed by atoms with Crippen LogP contribution >= 0.6 is 11.6 Å². The lowest BCUT2D eigenvalue weighted by Gasteiger charge is -2.33. The Morgan fingerprint density at radius 1 is 1.25 bits per heavy atom. The van der Waals surface area contributed by atoms with Gasteiger partial charge in [-0.3, -0.25) is 0 Å². The van der Waals surface area contributed by atoms with Crippen molar-refractivity contribution in [3.05, 3.63) is 29.3 Å². The van der Waals surface area contributed by atoms with Gasteiger partial charge in [-0.1, -0.05) is 36.9 Å². The Labute approximate surface area is 125 Å². The highest BCUT2D eigenvalue weighted by Crippen LogP contribution is 2.28. The summed E-state index contributed by atoms with van der Waals surface area (Å²) in [6, 6.07) is 6.28. The van der Waals surface area contributed by atoms with E-state index in [1.807, 2.05) is 0 Å². The van der Waals surface area contributed by atoms with Crippen LogP contribution in [0.4, 0.5) is 0 Å². The largest absolute Gasteiger partial charge is 0.395 e. The highest BCUT2D eigenvalue weighted by Gasteiger charge is 2.31. The summed E-state index contributed by atoms with van der Waals surface area (Å²) < 4.78 is 26.9. The maximum absolute atomic E-state index is 12.7. The molecule has 0 heterocycles. The minimum atomic E-state index is -3.60. The Hall–Kier alpha value is -0.620. The molecule has 0 unspecified atom stereocenters. The van der Waals surface area contributed by atoms with Gasteiger partial charge in [-0.25, -0.2) is 8.42 Å². The topological polar surface area (TPSA) is 57.6 Å². The van der Waals surface area contributed by atoms with Crippen LogP contribution in [0.5, 0.6) is 0 Å². The standard InChI is InChI=1S/C14H20ClNO3S/c15-12-5-4-8-14(11-12)20(18,19)16(9-10-17)13-6-2-1-3-7-13/h4-5,8,11,13,17H,1-3,6-7,9-10H2. The molecule has 1 fully saturated rings. The van der Waals surface area contributed by atoms with Gasteiger partial charge in [0.2, 0.25) is 10.0 Å². The summed E-state index contributed by atoms with van der Waals surface area (Å²) in [6.45, 7) is -0.0319. The van der Waals surface area contributed by atoms with Gasteiger partial charge in [0.25, 0.3) is 0 Å². The number of rotatable bonds is 5. The first kappa shape index (κ1) is 15.8. The molecular formula is C14H20ClNO3S. The van der Waals surface area contributed by atoms with Crippen molar-refractivity contribution in [3.63, 3.8) is 0 Å². The summed E-state index contributed by atoms with van der Waals surface area (Å²) >= 11 is 5.89. The molecule has 6 heteroatoms. The summed E-state index contributed by atoms with van der Waals surface area (Å²) in [5, 5.41) is 9.60. The molecule has 112 valence electrons. The van der Waals surface area contributed by atoms with E-state index in [2.05, 4.69) is 0 Å². The lowest BCUT2D eigenvalue weighted by Crippen LogP contribution is -2.43. The van der Waals surface area contributed by atoms with Gasteiger partial charge in [0.1, 0.15) is 0 Å². The molecule has 0 aromatic heterocycles. The van der Waals surface area contributed by atoms with E-state index in [0.717, 1.165) is 32.1 Å². The van der Waals surface area contributed by atoms with Crippen LogP contribution in [0, 0.1) is 0 Å². The van der Waals surface area contributed by atoms with E-state index >= 15 is 0 Å². The average molecular weight is 318 g/mol. The third kappa shape index (κ3) is 3.52. The van der Waals surface area contributed by atoms with Crippen LogP contribution in [0.3, 0.4) is 0 Å². The number of hydrogen-bond donors (Lipinski definition) is 1. The zero-order valence-corrected chi connectivity index (χ0v) is 12.9. The zero-order chi connectivity index (χ0) is 14.6. The first-order chi connectivity index (χ1) is 9.55. The van der Waals surface area contributed by atoms with E-state index in [4.69, 9.17) is 11.6 Å². The SMILES string of the molecule is O=S(=O)(c1cccc(Cl)c1)N(CCO)C1CCCCC1. The molecule has 0 bridgehead atoms. The van der Waals surface area contributed by atoms with Crippen molar-refractivity contribution in [2.24, 2.45) is 0 Å². The molecule has 2 rings (SSSR count). The average Bonchev–Trinajstić information content (AvgIpc) is 2.45. The van der Waals surface area contributed by atoms with Crippen molar-refractivity contribution < 1.29 is 13.5 Å². The molecule has 0 atom stereocenters. The maximum atomic E-state index is 12.7. The van der Waals surface area contributed by atoms with Crippen molar-refractivity contribution in [2.75, 3.05) is 13.2 Å². The molecule has 1 aromatic rings. The van der Waals surface area contributed by atoms with Crippen LogP contribution in [-0.4, -0.2) is 37.0 Å². The lowest BCUT2D eigenvalue weighted by atomic mass is 9.95. The number of aliphatic hydroxyl groups excluding tert-OH is 1. The van der Waals surface area contributed by atoms with Crippen LogP contribution in [0.15, 0.2) is 29.2 Å². The molecule has 0 saturated heterocycles. The highest BCUT2D eigenvalue weighted by molar-refractivity contribution is 7.89. The zero-order valence-electron chi connectivity index (χ0n) is 11.3. The van der Waals surface area contributed by atoms with Gasteiger partial charge in [-0.2, -0.15) is 4.31 Å². The fourth-order valence-corrected chi connectivity index (χ4v) is 4.71. The molecule has 1 aliphatic carbocycles. The molecule has 1 N–H and O–H groups in total. The normalized spacial score (nSPS) is 17.6. The summed E-state index contributed by atoms with van der Waals surface area (Å²) in [5.74, 6) is 0. The second kappa shape index (κ2) is 6.89. The fraction of sp³-hybridized carbons (Fsp3) is 0.571. The Morgan fingerprint density at radius 3 is 2.55 bits per heavy atom. The molecule has 0 spiro atoms. The van der Waals surface area contributed by atoms with Gasteiger partial charge in [0, 0.05) is 17.6 Å². The molecule has 1 aliphatic rings. The minimum Gasteiger partial charge on any atom is -0.395 e. The van der Waals surface area contributed by atoms with Gasteiger partial charge in [-0.15, -0.1) is 0 Å². The van der Waals surface area contributed by atoms with Crippen molar-refractivity contribution >= 4 is 21.6 Å². The van der Waals surface area contributed by atoms with E-state index in [9.17, 15) is 13.5 Å². The highest BCUT2D eigenvalue weighted by atomic mass is 35.5. The van der Waals surface area contributed by atoms with E-state index in [-0.39, 0.29) is 24.1 Å². The van der Waals surface area contributed by atoms with Crippen LogP contribution in [0.25, 0.3) is 0 Å². The summed E-state index contributed by atoms with van der Waals surface area (Å²) in [7, 11) is -3.60. The Bertz CT molecular complexity index is 541. The predicted molar refractivity (Wildman–Crippen MR) is 79.3 cm³/mol. The molecule has 20 heavy (non-hydrogen) atoms. The summed E-state index contributed by atoms with van der Waals surface area (Å²) in [6.07, 6.45) is 4.95. The number of halogens is 1. The van der Waals surface area contributed by atoms with Crippen molar-refractivity contribution in [1.29, 1.82) is 0 Å². The minimum absolute atomic E-state index is 0.0140. The van der Waals surface area contributed by atoms with E-state index in [1.54, 1.807) is 18.2 Å². The van der Waals surface area contributed by atoms with Gasteiger partial charge in [0.15, 0.2) is 0 Å². The van der Waals surface area contributed by atoms with Gasteiger partial charge in [-0.05, 0) is 31.0 Å². The van der Waals surface area contributed by atoms with Crippen molar-refractivity contribution in [3.8, 4) is 0 Å². The number of nitrogens with zero attached hydrogens (tertiary/aromatic N) is 1. The van der Waals surface area contributed by atoms with Crippen LogP contribution in [-0.2, 0) is 10.0 Å².